The van der Waals surface area contributed by atoms with E-state index in [0.717, 1.165) is 44.9 Å². The molecular weight excluding hydrogens is 888 g/mol. The van der Waals surface area contributed by atoms with Crippen LogP contribution in [0.25, 0.3) is 0 Å². The number of phosphoric ester groups is 1. The van der Waals surface area contributed by atoms with E-state index in [1.165, 1.54) is 218 Å². The molecule has 0 saturated carbocycles. The lowest BCUT2D eigenvalue weighted by Crippen LogP contribution is -2.45. The monoisotopic (exact) mass is 1010 g/mol. The highest BCUT2D eigenvalue weighted by atomic mass is 31.2. The van der Waals surface area contributed by atoms with Crippen molar-refractivity contribution in [3.63, 3.8) is 0 Å². The van der Waals surface area contributed by atoms with E-state index in [-0.39, 0.29) is 19.1 Å². The Labute approximate surface area is 435 Å². The van der Waals surface area contributed by atoms with Gasteiger partial charge in [0.25, 0.3) is 0 Å². The molecule has 0 fully saturated rings. The first-order valence-corrected chi connectivity index (χ1v) is 31.5. The summed E-state index contributed by atoms with van der Waals surface area (Å²) in [6, 6.07) is -0.868. The first-order chi connectivity index (χ1) is 34.0. The number of likely N-dealkylation sites (N-methyl/N-ethyl adjacent to an activating group) is 1. The SMILES string of the molecule is CCCCCCC/C=C\C/C=C\CCCCCCCCCCCC(=O)NC(COP(=O)(O)OCC[N+](C)(C)C)C(O)/C=C/CC/C=C/CCCCCCCCCCCCCCCCCCCCCCC. The summed E-state index contributed by atoms with van der Waals surface area (Å²) in [6.45, 7) is 4.81. The molecule has 9 heteroatoms. The molecule has 0 saturated heterocycles. The summed E-state index contributed by atoms with van der Waals surface area (Å²) in [4.78, 5) is 23.3. The number of unbranched alkanes of at least 4 members (excludes halogenated alkanes) is 36. The lowest BCUT2D eigenvalue weighted by molar-refractivity contribution is -0.870. The van der Waals surface area contributed by atoms with Gasteiger partial charge in [0.15, 0.2) is 0 Å². The number of hydrogen-bond acceptors (Lipinski definition) is 5. The Kier molecular flexibility index (Phi) is 51.2. The summed E-state index contributed by atoms with van der Waals surface area (Å²) in [5.74, 6) is -0.189. The number of carbonyl (C=O) groups is 1. The maximum Gasteiger partial charge on any atom is 0.472 e. The number of carbonyl (C=O) groups excluding carboxylic acids is 1. The van der Waals surface area contributed by atoms with Crippen molar-refractivity contribution in [1.29, 1.82) is 0 Å². The van der Waals surface area contributed by atoms with Crippen LogP contribution in [-0.2, 0) is 18.4 Å². The molecule has 1 amide bonds. The second-order valence-electron chi connectivity index (χ2n) is 21.7. The largest absolute Gasteiger partial charge is 0.472 e. The number of quaternary nitrogens is 1. The summed E-state index contributed by atoms with van der Waals surface area (Å²) in [7, 11) is 1.56. The third-order valence-corrected chi connectivity index (χ3v) is 14.5. The zero-order valence-corrected chi connectivity index (χ0v) is 47.9. The summed E-state index contributed by atoms with van der Waals surface area (Å²) in [5.41, 5.74) is 0. The van der Waals surface area contributed by atoms with Gasteiger partial charge in [-0.25, -0.2) is 4.57 Å². The molecule has 0 spiro atoms. The van der Waals surface area contributed by atoms with Crippen molar-refractivity contribution in [3.05, 3.63) is 48.6 Å². The molecule has 0 aromatic carbocycles. The fourth-order valence-corrected chi connectivity index (χ4v) is 9.53. The van der Waals surface area contributed by atoms with Crippen molar-refractivity contribution < 1.29 is 32.9 Å². The molecule has 0 bridgehead atoms. The number of nitrogens with one attached hydrogen (secondary N) is 1. The number of amides is 1. The van der Waals surface area contributed by atoms with Gasteiger partial charge in [0.1, 0.15) is 13.2 Å². The third kappa shape index (κ3) is 54.2. The van der Waals surface area contributed by atoms with Crippen LogP contribution in [0.2, 0.25) is 0 Å². The van der Waals surface area contributed by atoms with Crippen LogP contribution in [0.5, 0.6) is 0 Å². The van der Waals surface area contributed by atoms with Crippen molar-refractivity contribution in [2.24, 2.45) is 0 Å². The van der Waals surface area contributed by atoms with Crippen LogP contribution in [0.4, 0.5) is 0 Å². The molecule has 3 atom stereocenters. The zero-order valence-electron chi connectivity index (χ0n) is 47.0. The van der Waals surface area contributed by atoms with Crippen LogP contribution in [0.3, 0.4) is 0 Å². The van der Waals surface area contributed by atoms with E-state index in [1.54, 1.807) is 6.08 Å². The predicted molar refractivity (Wildman–Crippen MR) is 304 cm³/mol. The Hall–Kier alpha value is -1.54. The Morgan fingerprint density at radius 3 is 1.23 bits per heavy atom. The van der Waals surface area contributed by atoms with E-state index < -0.39 is 20.0 Å². The van der Waals surface area contributed by atoms with Crippen LogP contribution < -0.4 is 5.32 Å². The zero-order chi connectivity index (χ0) is 51.3. The Morgan fingerprint density at radius 2 is 0.829 bits per heavy atom. The molecule has 0 aliphatic carbocycles. The van der Waals surface area contributed by atoms with E-state index in [1.807, 2.05) is 27.2 Å². The highest BCUT2D eigenvalue weighted by Crippen LogP contribution is 2.43. The van der Waals surface area contributed by atoms with Crippen molar-refractivity contribution in [3.8, 4) is 0 Å². The maximum absolute atomic E-state index is 13.0. The smallest absolute Gasteiger partial charge is 0.387 e. The minimum atomic E-state index is -4.36. The summed E-state index contributed by atoms with van der Waals surface area (Å²) in [6.07, 6.45) is 69.4. The number of allylic oxidation sites excluding steroid dienone is 7. The molecule has 412 valence electrons. The number of rotatable bonds is 55. The lowest BCUT2D eigenvalue weighted by atomic mass is 10.0. The molecule has 3 unspecified atom stereocenters. The topological polar surface area (TPSA) is 105 Å². The molecule has 0 heterocycles. The minimum absolute atomic E-state index is 0.0547. The van der Waals surface area contributed by atoms with E-state index in [2.05, 4.69) is 55.6 Å². The van der Waals surface area contributed by atoms with Crippen molar-refractivity contribution in [1.82, 2.24) is 5.32 Å². The fourth-order valence-electron chi connectivity index (χ4n) is 8.80. The maximum atomic E-state index is 13.0. The average Bonchev–Trinajstić information content (AvgIpc) is 3.32. The van der Waals surface area contributed by atoms with E-state index in [0.29, 0.717) is 17.4 Å². The molecule has 70 heavy (non-hydrogen) atoms. The lowest BCUT2D eigenvalue weighted by Gasteiger charge is -2.25. The molecule has 8 nitrogen and oxygen atoms in total. The minimum Gasteiger partial charge on any atom is -0.387 e. The summed E-state index contributed by atoms with van der Waals surface area (Å²) < 4.78 is 23.7. The highest BCUT2D eigenvalue weighted by Gasteiger charge is 2.27. The molecule has 0 aliphatic heterocycles. The van der Waals surface area contributed by atoms with Gasteiger partial charge in [0, 0.05) is 6.42 Å². The van der Waals surface area contributed by atoms with Gasteiger partial charge in [-0.2, -0.15) is 0 Å². The highest BCUT2D eigenvalue weighted by molar-refractivity contribution is 7.47. The fraction of sp³-hybridized carbons (Fsp3) is 0.852. The van der Waals surface area contributed by atoms with Gasteiger partial charge in [-0.3, -0.25) is 13.8 Å². The van der Waals surface area contributed by atoms with Crippen LogP contribution in [0, 0.1) is 0 Å². The quantitative estimate of drug-likeness (QED) is 0.0243. The number of aliphatic hydroxyl groups excluding tert-OH is 1. The van der Waals surface area contributed by atoms with Crippen LogP contribution in [0.15, 0.2) is 48.6 Å². The molecule has 0 radical (unpaired) electrons. The van der Waals surface area contributed by atoms with E-state index in [4.69, 9.17) is 9.05 Å². The number of phosphoric acid groups is 1. The third-order valence-electron chi connectivity index (χ3n) is 13.5. The van der Waals surface area contributed by atoms with Crippen molar-refractivity contribution in [2.75, 3.05) is 40.9 Å². The Balaban J connectivity index is 4.23. The summed E-state index contributed by atoms with van der Waals surface area (Å²) >= 11 is 0. The molecule has 3 N–H and O–H groups in total. The van der Waals surface area contributed by atoms with Crippen LogP contribution in [0.1, 0.15) is 284 Å². The second kappa shape index (κ2) is 52.3. The number of aliphatic hydroxyl groups is 1. The first-order valence-electron chi connectivity index (χ1n) is 30.0. The van der Waals surface area contributed by atoms with Crippen molar-refractivity contribution in [2.45, 2.75) is 296 Å². The molecule has 0 aliphatic rings. The van der Waals surface area contributed by atoms with Gasteiger partial charge < -0.3 is 19.8 Å². The van der Waals surface area contributed by atoms with Gasteiger partial charge in [-0.1, -0.05) is 262 Å². The van der Waals surface area contributed by atoms with Crippen LogP contribution >= 0.6 is 7.82 Å². The van der Waals surface area contributed by atoms with Gasteiger partial charge in [-0.05, 0) is 64.2 Å². The van der Waals surface area contributed by atoms with Crippen molar-refractivity contribution >= 4 is 13.7 Å². The molecular formula is C61H118N2O6P+. The summed E-state index contributed by atoms with van der Waals surface area (Å²) in [5, 5.41) is 13.9. The average molecular weight is 1010 g/mol. The number of hydrogen-bond donors (Lipinski definition) is 3. The molecule has 0 rings (SSSR count). The Morgan fingerprint density at radius 1 is 0.486 bits per heavy atom. The second-order valence-corrected chi connectivity index (χ2v) is 23.2. The first kappa shape index (κ1) is 68.5. The standard InChI is InChI=1S/C61H117N2O6P/c1-6-8-10-12-14-16-18-20-22-24-26-28-29-30-31-32-33-35-36-38-40-42-44-46-48-50-52-54-60(64)59(58-69-70(66,67)68-57-56-63(3,4)5)62-61(65)55-53-51-49-47-45-43-41-39-37-34-27-25-23-21-19-17-15-13-11-9-7-2/h19,21,25,27,44,46,52,54,59-60,64H,6-18,20,22-24,26,28-43,45,47-51,53,55-58H2,1-5H3,(H-,62,65,66,67)/p+1/b21-19-,27-25-,46-44+,54-52+. The number of nitrogens with zero attached hydrogens (tertiary/aromatic N) is 1. The molecule has 0 aromatic rings. The van der Waals surface area contributed by atoms with Gasteiger partial charge in [-0.15, -0.1) is 0 Å². The van der Waals surface area contributed by atoms with Crippen LogP contribution in [-0.4, -0.2) is 73.4 Å². The van der Waals surface area contributed by atoms with E-state index >= 15 is 0 Å². The predicted octanol–water partition coefficient (Wildman–Crippen LogP) is 18.3. The normalized spacial score (nSPS) is 14.2. The van der Waals surface area contributed by atoms with E-state index in [9.17, 15) is 19.4 Å². The Bertz CT molecular complexity index is 1280. The molecule has 0 aromatic heterocycles. The van der Waals surface area contributed by atoms with Gasteiger partial charge >= 0.3 is 7.82 Å². The van der Waals surface area contributed by atoms with Gasteiger partial charge in [0.05, 0.1) is 39.9 Å². The van der Waals surface area contributed by atoms with Gasteiger partial charge in [0.2, 0.25) is 5.91 Å².